The second-order valence-corrected chi connectivity index (χ2v) is 2.26. The number of furan rings is 1. The molecule has 3 nitrogen and oxygen atoms in total. The van der Waals surface area contributed by atoms with Crippen molar-refractivity contribution in [2.75, 3.05) is 0 Å². The fourth-order valence-electron chi connectivity index (χ4n) is 0.719. The Hall–Kier alpha value is -1.25. The number of nitrogens with one attached hydrogen (secondary N) is 1. The zero-order chi connectivity index (χ0) is 8.10. The van der Waals surface area contributed by atoms with Crippen molar-refractivity contribution in [2.24, 2.45) is 0 Å². The minimum absolute atomic E-state index is 0. The van der Waals surface area contributed by atoms with Crippen molar-refractivity contribution < 1.29 is 10.6 Å². The molecule has 0 saturated heterocycles. The highest BCUT2D eigenvalue weighted by Crippen LogP contribution is 1.98. The second kappa shape index (κ2) is 3.81. The zero-order valence-corrected chi connectivity index (χ0v) is 6.46. The van der Waals surface area contributed by atoms with E-state index in [2.05, 4.69) is 5.32 Å². The summed E-state index contributed by atoms with van der Waals surface area (Å²) in [6.07, 6.45) is 3.74. The van der Waals surface area contributed by atoms with E-state index in [1.807, 2.05) is 13.0 Å². The Morgan fingerprint density at radius 1 is 1.82 bits per heavy atom. The highest BCUT2D eigenvalue weighted by Gasteiger charge is 1.96. The number of hydrogen-bond donors (Lipinski definition) is 1. The second-order valence-electron chi connectivity index (χ2n) is 2.26. The molecule has 0 aliphatic rings. The smallest absolute Gasteiger partial charge is 0.219 e. The Kier molecular flexibility index (Phi) is 2.72. The van der Waals surface area contributed by atoms with Crippen LogP contribution in [-0.2, 0) is 11.3 Å². The summed E-state index contributed by atoms with van der Waals surface area (Å²) in [5, 5.41) is 2.74. The molecule has 62 valence electrons. The first-order valence-electron chi connectivity index (χ1n) is 3.60. The van der Waals surface area contributed by atoms with Crippen LogP contribution < -0.4 is 5.32 Å². The van der Waals surface area contributed by atoms with Crippen molar-refractivity contribution in [3.63, 3.8) is 0 Å². The van der Waals surface area contributed by atoms with Gasteiger partial charge in [-0.3, -0.25) is 4.79 Å². The molecular formula is C8H13NO2. The molecule has 11 heavy (non-hydrogen) atoms. The zero-order valence-electron chi connectivity index (χ0n) is 6.46. The normalized spacial score (nSPS) is 9.55. The van der Waals surface area contributed by atoms with E-state index in [0.29, 0.717) is 13.0 Å². The summed E-state index contributed by atoms with van der Waals surface area (Å²) < 4.78 is 4.83. The van der Waals surface area contributed by atoms with Gasteiger partial charge in [-0.2, -0.15) is 0 Å². The molecule has 1 aromatic rings. The third-order valence-electron chi connectivity index (χ3n) is 1.39. The molecule has 0 atom stereocenters. The predicted octanol–water partition coefficient (Wildman–Crippen LogP) is 1.55. The summed E-state index contributed by atoms with van der Waals surface area (Å²) in [5.41, 5.74) is 0.992. The van der Waals surface area contributed by atoms with E-state index in [0.717, 1.165) is 5.56 Å². The van der Waals surface area contributed by atoms with Crippen LogP contribution in [-0.4, -0.2) is 5.91 Å². The first-order valence-corrected chi connectivity index (χ1v) is 3.60. The van der Waals surface area contributed by atoms with Crippen LogP contribution in [0.15, 0.2) is 23.0 Å². The van der Waals surface area contributed by atoms with Crippen LogP contribution in [0, 0.1) is 0 Å². The predicted molar refractivity (Wildman–Crippen MR) is 43.0 cm³/mol. The van der Waals surface area contributed by atoms with Crippen molar-refractivity contribution in [1.29, 1.82) is 0 Å². The molecule has 0 unspecified atom stereocenters. The number of carbonyl (C=O) groups is 1. The first kappa shape index (κ1) is 7.85. The van der Waals surface area contributed by atoms with Gasteiger partial charge >= 0.3 is 0 Å². The van der Waals surface area contributed by atoms with E-state index in [1.165, 1.54) is 0 Å². The van der Waals surface area contributed by atoms with Gasteiger partial charge in [-0.1, -0.05) is 6.92 Å². The van der Waals surface area contributed by atoms with Gasteiger partial charge in [0.2, 0.25) is 5.91 Å². The maximum Gasteiger partial charge on any atom is 0.219 e. The lowest BCUT2D eigenvalue weighted by Crippen LogP contribution is -2.20. The molecule has 3 heteroatoms. The Morgan fingerprint density at radius 2 is 2.64 bits per heavy atom. The molecule has 0 aliphatic carbocycles. The molecule has 0 radical (unpaired) electrons. The van der Waals surface area contributed by atoms with Gasteiger partial charge in [0.1, 0.15) is 0 Å². The Labute approximate surface area is 66.9 Å². The highest BCUT2D eigenvalue weighted by molar-refractivity contribution is 5.75. The van der Waals surface area contributed by atoms with Crippen LogP contribution in [0.25, 0.3) is 0 Å². The summed E-state index contributed by atoms with van der Waals surface area (Å²) >= 11 is 0. The largest absolute Gasteiger partial charge is 0.472 e. The van der Waals surface area contributed by atoms with E-state index < -0.39 is 0 Å². The summed E-state index contributed by atoms with van der Waals surface area (Å²) in [6, 6.07) is 1.83. The van der Waals surface area contributed by atoms with E-state index >= 15 is 0 Å². The number of amides is 1. The van der Waals surface area contributed by atoms with Gasteiger partial charge in [-0.25, -0.2) is 0 Å². The van der Waals surface area contributed by atoms with Gasteiger partial charge in [-0.05, 0) is 6.07 Å². The van der Waals surface area contributed by atoms with Crippen LogP contribution in [0.3, 0.4) is 0 Å². The third-order valence-corrected chi connectivity index (χ3v) is 1.39. The summed E-state index contributed by atoms with van der Waals surface area (Å²) in [5.74, 6) is 0.0613. The average molecular weight is 155 g/mol. The molecule has 0 spiro atoms. The van der Waals surface area contributed by atoms with Crippen molar-refractivity contribution in [3.05, 3.63) is 24.2 Å². The molecule has 0 fully saturated rings. The number of rotatable bonds is 3. The van der Waals surface area contributed by atoms with Crippen molar-refractivity contribution >= 4 is 5.91 Å². The van der Waals surface area contributed by atoms with Crippen LogP contribution in [0.5, 0.6) is 0 Å². The van der Waals surface area contributed by atoms with Crippen LogP contribution in [0.4, 0.5) is 0 Å². The number of carbonyl (C=O) groups excluding carboxylic acids is 1. The van der Waals surface area contributed by atoms with Crippen LogP contribution in [0.1, 0.15) is 20.3 Å². The lowest BCUT2D eigenvalue weighted by molar-refractivity contribution is -0.120. The van der Waals surface area contributed by atoms with E-state index in [4.69, 9.17) is 4.42 Å². The summed E-state index contributed by atoms with van der Waals surface area (Å²) in [7, 11) is 0. The molecule has 0 bridgehead atoms. The lowest BCUT2D eigenvalue weighted by atomic mass is 10.3. The fraction of sp³-hybridized carbons (Fsp3) is 0.375. The molecule has 0 aliphatic heterocycles. The minimum Gasteiger partial charge on any atom is -0.472 e. The van der Waals surface area contributed by atoms with Crippen molar-refractivity contribution in [3.8, 4) is 0 Å². The Balaban J connectivity index is 0.00000121. The lowest BCUT2D eigenvalue weighted by Gasteiger charge is -1.98. The molecule has 0 saturated carbocycles. The summed E-state index contributed by atoms with van der Waals surface area (Å²) in [4.78, 5) is 10.8. The quantitative estimate of drug-likeness (QED) is 0.719. The average Bonchev–Trinajstić information content (AvgIpc) is 2.52. The maximum atomic E-state index is 10.8. The van der Waals surface area contributed by atoms with Gasteiger partial charge in [0.15, 0.2) is 0 Å². The van der Waals surface area contributed by atoms with Crippen molar-refractivity contribution in [2.45, 2.75) is 19.9 Å². The Bertz CT molecular complexity index is 221. The molecule has 1 rings (SSSR count). The highest BCUT2D eigenvalue weighted by atomic mass is 16.3. The van der Waals surface area contributed by atoms with Gasteiger partial charge in [0.25, 0.3) is 0 Å². The molecule has 1 aromatic heterocycles. The van der Waals surface area contributed by atoms with E-state index in [-0.39, 0.29) is 7.33 Å². The molecule has 1 N–H and O–H groups in total. The van der Waals surface area contributed by atoms with Crippen LogP contribution >= 0.6 is 0 Å². The fourth-order valence-corrected chi connectivity index (χ4v) is 0.719. The first-order chi connectivity index (χ1) is 5.33. The van der Waals surface area contributed by atoms with E-state index in [1.54, 1.807) is 12.5 Å². The molecule has 1 heterocycles. The maximum absolute atomic E-state index is 10.8. The van der Waals surface area contributed by atoms with Crippen molar-refractivity contribution in [1.82, 2.24) is 5.32 Å². The molecule has 0 aromatic carbocycles. The summed E-state index contributed by atoms with van der Waals surface area (Å²) in [6.45, 7) is 2.38. The molecular weight excluding hydrogens is 142 g/mol. The third kappa shape index (κ3) is 2.45. The standard InChI is InChI=1S/C8H11NO2.H2/c1-2-8(10)9-5-7-3-4-11-6-7;/h3-4,6H,2,5H2,1H3,(H,9,10);1H. The topological polar surface area (TPSA) is 42.2 Å². The Morgan fingerprint density at radius 3 is 3.18 bits per heavy atom. The van der Waals surface area contributed by atoms with E-state index in [9.17, 15) is 4.79 Å². The van der Waals surface area contributed by atoms with Gasteiger partial charge in [0, 0.05) is 20.0 Å². The molecule has 1 amide bonds. The van der Waals surface area contributed by atoms with Gasteiger partial charge in [-0.15, -0.1) is 0 Å². The van der Waals surface area contributed by atoms with Gasteiger partial charge < -0.3 is 9.73 Å². The minimum atomic E-state index is 0. The SMILES string of the molecule is CCC(=O)NCc1ccoc1.[HH]. The number of hydrogen-bond acceptors (Lipinski definition) is 2. The van der Waals surface area contributed by atoms with Gasteiger partial charge in [0.05, 0.1) is 12.5 Å². The van der Waals surface area contributed by atoms with Crippen LogP contribution in [0.2, 0.25) is 0 Å². The monoisotopic (exact) mass is 155 g/mol.